The van der Waals surface area contributed by atoms with Gasteiger partial charge in [-0.1, -0.05) is 6.07 Å². The molecule has 0 aromatic heterocycles. The lowest BCUT2D eigenvalue weighted by Crippen LogP contribution is -2.06. The number of nitrogens with one attached hydrogen (secondary N) is 1. The van der Waals surface area contributed by atoms with Crippen LogP contribution in [-0.4, -0.2) is 4.92 Å². The van der Waals surface area contributed by atoms with Gasteiger partial charge in [0.05, 0.1) is 15.5 Å². The lowest BCUT2D eigenvalue weighted by molar-refractivity contribution is -0.384. The smallest absolute Gasteiger partial charge is 0.298 e. The fraction of sp³-hybridized carbons (Fsp3) is 0.0769. The zero-order chi connectivity index (χ0) is 15.6. The molecule has 0 heterocycles. The van der Waals surface area contributed by atoms with Crippen molar-refractivity contribution in [1.82, 2.24) is 0 Å². The van der Waals surface area contributed by atoms with Crippen LogP contribution in [0.4, 0.5) is 24.5 Å². The van der Waals surface area contributed by atoms with Gasteiger partial charge >= 0.3 is 0 Å². The molecule has 1 N–H and O–H groups in total. The van der Waals surface area contributed by atoms with E-state index in [1.165, 1.54) is 12.1 Å². The monoisotopic (exact) mass is 360 g/mol. The second-order valence-electron chi connectivity index (χ2n) is 4.14. The predicted molar refractivity (Wildman–Crippen MR) is 74.4 cm³/mol. The van der Waals surface area contributed by atoms with Crippen molar-refractivity contribution in [2.45, 2.75) is 6.54 Å². The zero-order valence-electron chi connectivity index (χ0n) is 10.4. The Balaban J connectivity index is 2.27. The topological polar surface area (TPSA) is 55.2 Å². The van der Waals surface area contributed by atoms with E-state index >= 15 is 0 Å². The molecule has 0 amide bonds. The molecule has 110 valence electrons. The Kier molecular flexibility index (Phi) is 4.46. The molecule has 0 saturated carbocycles. The van der Waals surface area contributed by atoms with Gasteiger partial charge in [0, 0.05) is 12.6 Å². The van der Waals surface area contributed by atoms with E-state index in [1.54, 1.807) is 6.07 Å². The average Bonchev–Trinajstić information content (AvgIpc) is 2.40. The SMILES string of the molecule is O=[N+]([O-])c1cc(F)cc(F)c1NCc1ccc(Br)c(F)c1. The maximum absolute atomic E-state index is 13.6. The van der Waals surface area contributed by atoms with Crippen LogP contribution in [-0.2, 0) is 6.54 Å². The Labute approximate surface area is 125 Å². The maximum Gasteiger partial charge on any atom is 0.298 e. The molecular weight excluding hydrogens is 353 g/mol. The van der Waals surface area contributed by atoms with Gasteiger partial charge in [-0.25, -0.2) is 13.2 Å². The molecule has 0 bridgehead atoms. The molecule has 0 fully saturated rings. The van der Waals surface area contributed by atoms with E-state index in [0.717, 1.165) is 0 Å². The number of hydrogen-bond donors (Lipinski definition) is 1. The van der Waals surface area contributed by atoms with Crippen LogP contribution in [0.25, 0.3) is 0 Å². The summed E-state index contributed by atoms with van der Waals surface area (Å²) in [5.41, 5.74) is -0.705. The number of nitro benzene ring substituents is 1. The van der Waals surface area contributed by atoms with Crippen LogP contribution in [0.15, 0.2) is 34.8 Å². The first-order valence-corrected chi connectivity index (χ1v) is 6.49. The third-order valence-corrected chi connectivity index (χ3v) is 3.33. The molecule has 0 saturated heterocycles. The molecule has 0 aliphatic rings. The number of anilines is 1. The average molecular weight is 361 g/mol. The van der Waals surface area contributed by atoms with Crippen LogP contribution in [0.1, 0.15) is 5.56 Å². The third kappa shape index (κ3) is 3.52. The Bertz CT molecular complexity index is 710. The van der Waals surface area contributed by atoms with Crippen molar-refractivity contribution in [3.8, 4) is 0 Å². The minimum Gasteiger partial charge on any atom is -0.373 e. The minimum absolute atomic E-state index is 0.0480. The van der Waals surface area contributed by atoms with Crippen LogP contribution in [0.2, 0.25) is 0 Å². The molecule has 0 aliphatic heterocycles. The molecule has 2 rings (SSSR count). The fourth-order valence-electron chi connectivity index (χ4n) is 1.72. The number of nitro groups is 1. The molecular formula is C13H8BrF3N2O2. The van der Waals surface area contributed by atoms with Gasteiger partial charge in [0.1, 0.15) is 17.3 Å². The van der Waals surface area contributed by atoms with Gasteiger partial charge in [0.15, 0.2) is 5.82 Å². The van der Waals surface area contributed by atoms with Crippen molar-refractivity contribution in [2.24, 2.45) is 0 Å². The van der Waals surface area contributed by atoms with Crippen molar-refractivity contribution in [3.63, 3.8) is 0 Å². The first-order chi connectivity index (χ1) is 9.88. The molecule has 4 nitrogen and oxygen atoms in total. The van der Waals surface area contributed by atoms with Crippen molar-refractivity contribution in [2.75, 3.05) is 5.32 Å². The summed E-state index contributed by atoms with van der Waals surface area (Å²) in [6.07, 6.45) is 0. The number of halogens is 4. The standard InChI is InChI=1S/C13H8BrF3N2O2/c14-9-2-1-7(3-10(9)16)6-18-13-11(17)4-8(15)5-12(13)19(20)21/h1-5,18H,6H2. The molecule has 0 aliphatic carbocycles. The summed E-state index contributed by atoms with van der Waals surface area (Å²) in [6, 6.07) is 5.38. The molecule has 2 aromatic carbocycles. The summed E-state index contributed by atoms with van der Waals surface area (Å²) < 4.78 is 40.2. The quantitative estimate of drug-likeness (QED) is 0.649. The molecule has 2 aromatic rings. The lowest BCUT2D eigenvalue weighted by atomic mass is 10.2. The van der Waals surface area contributed by atoms with Crippen LogP contribution in [0.5, 0.6) is 0 Å². The van der Waals surface area contributed by atoms with Gasteiger partial charge in [-0.15, -0.1) is 0 Å². The highest BCUT2D eigenvalue weighted by Gasteiger charge is 2.20. The highest BCUT2D eigenvalue weighted by Crippen LogP contribution is 2.29. The summed E-state index contributed by atoms with van der Waals surface area (Å²) in [7, 11) is 0. The number of rotatable bonds is 4. The van der Waals surface area contributed by atoms with Crippen LogP contribution in [0.3, 0.4) is 0 Å². The summed E-state index contributed by atoms with van der Waals surface area (Å²) >= 11 is 2.99. The minimum atomic E-state index is -1.08. The Morgan fingerprint density at radius 2 is 1.86 bits per heavy atom. The molecule has 0 unspecified atom stereocenters. The lowest BCUT2D eigenvalue weighted by Gasteiger charge is -2.09. The van der Waals surface area contributed by atoms with E-state index in [4.69, 9.17) is 0 Å². The van der Waals surface area contributed by atoms with Gasteiger partial charge in [-0.05, 0) is 33.6 Å². The van der Waals surface area contributed by atoms with Gasteiger partial charge in [0.2, 0.25) is 0 Å². The Morgan fingerprint density at radius 3 is 2.48 bits per heavy atom. The summed E-state index contributed by atoms with van der Waals surface area (Å²) in [4.78, 5) is 9.91. The first kappa shape index (κ1) is 15.3. The van der Waals surface area contributed by atoms with Crippen LogP contribution >= 0.6 is 15.9 Å². The van der Waals surface area contributed by atoms with Crippen molar-refractivity contribution in [1.29, 1.82) is 0 Å². The maximum atomic E-state index is 13.6. The van der Waals surface area contributed by atoms with E-state index < -0.39 is 33.7 Å². The number of nitrogens with zero attached hydrogens (tertiary/aromatic N) is 1. The van der Waals surface area contributed by atoms with Crippen molar-refractivity contribution in [3.05, 3.63) is 67.9 Å². The Morgan fingerprint density at radius 1 is 1.14 bits per heavy atom. The van der Waals surface area contributed by atoms with Crippen LogP contribution < -0.4 is 5.32 Å². The van der Waals surface area contributed by atoms with Crippen molar-refractivity contribution < 1.29 is 18.1 Å². The summed E-state index contributed by atoms with van der Waals surface area (Å²) in [6.45, 7) is -0.0480. The Hall–Kier alpha value is -2.09. The normalized spacial score (nSPS) is 10.5. The van der Waals surface area contributed by atoms with Gasteiger partial charge in [-0.3, -0.25) is 10.1 Å². The highest BCUT2D eigenvalue weighted by molar-refractivity contribution is 9.10. The van der Waals surface area contributed by atoms with E-state index in [0.29, 0.717) is 17.7 Å². The molecule has 21 heavy (non-hydrogen) atoms. The summed E-state index contributed by atoms with van der Waals surface area (Å²) in [5, 5.41) is 13.3. The van der Waals surface area contributed by atoms with Gasteiger partial charge in [-0.2, -0.15) is 0 Å². The van der Waals surface area contributed by atoms with Gasteiger partial charge < -0.3 is 5.32 Å². The van der Waals surface area contributed by atoms with E-state index in [-0.39, 0.29) is 11.0 Å². The van der Waals surface area contributed by atoms with Crippen molar-refractivity contribution >= 4 is 27.3 Å². The molecule has 0 atom stereocenters. The second-order valence-corrected chi connectivity index (χ2v) is 5.00. The van der Waals surface area contributed by atoms with E-state index in [9.17, 15) is 23.3 Å². The molecule has 0 radical (unpaired) electrons. The fourth-order valence-corrected chi connectivity index (χ4v) is 1.97. The van der Waals surface area contributed by atoms with E-state index in [1.807, 2.05) is 0 Å². The summed E-state index contributed by atoms with van der Waals surface area (Å²) in [5.74, 6) is -2.64. The number of hydrogen-bond acceptors (Lipinski definition) is 3. The van der Waals surface area contributed by atoms with Gasteiger partial charge in [0.25, 0.3) is 5.69 Å². The zero-order valence-corrected chi connectivity index (χ0v) is 12.0. The molecule has 8 heteroatoms. The largest absolute Gasteiger partial charge is 0.373 e. The predicted octanol–water partition coefficient (Wildman–Crippen LogP) is 4.39. The first-order valence-electron chi connectivity index (χ1n) is 5.69. The highest BCUT2D eigenvalue weighted by atomic mass is 79.9. The third-order valence-electron chi connectivity index (χ3n) is 2.68. The second kappa shape index (κ2) is 6.13. The van der Waals surface area contributed by atoms with E-state index in [2.05, 4.69) is 21.2 Å². The number of benzene rings is 2. The molecule has 0 spiro atoms. The van der Waals surface area contributed by atoms with Crippen LogP contribution in [0, 0.1) is 27.6 Å².